The van der Waals surface area contributed by atoms with Crippen molar-refractivity contribution in [2.75, 3.05) is 5.32 Å². The predicted octanol–water partition coefficient (Wildman–Crippen LogP) is 2.40. The smallest absolute Gasteiger partial charge is 0.193 e. The molecular formula is C16H16N6. The van der Waals surface area contributed by atoms with Crippen molar-refractivity contribution >= 4 is 11.6 Å². The Morgan fingerprint density at radius 1 is 1.14 bits per heavy atom. The molecule has 0 unspecified atom stereocenters. The summed E-state index contributed by atoms with van der Waals surface area (Å²) in [6.07, 6.45) is 1.49. The first-order chi connectivity index (χ1) is 10.8. The third-order valence-corrected chi connectivity index (χ3v) is 3.09. The molecule has 0 bridgehead atoms. The number of hydrogen-bond acceptors (Lipinski definition) is 3. The van der Waals surface area contributed by atoms with Gasteiger partial charge in [0, 0.05) is 11.3 Å². The molecule has 3 rings (SSSR count). The van der Waals surface area contributed by atoms with Crippen LogP contribution in [0.2, 0.25) is 0 Å². The molecule has 0 atom stereocenters. The second kappa shape index (κ2) is 6.53. The molecule has 22 heavy (non-hydrogen) atoms. The van der Waals surface area contributed by atoms with E-state index in [9.17, 15) is 0 Å². The van der Waals surface area contributed by atoms with Gasteiger partial charge in [-0.25, -0.2) is 9.98 Å². The molecule has 1 heterocycles. The molecule has 0 saturated heterocycles. The van der Waals surface area contributed by atoms with E-state index in [1.165, 1.54) is 6.33 Å². The molecule has 1 aromatic heterocycles. The normalized spacial score (nSPS) is 11.4. The predicted molar refractivity (Wildman–Crippen MR) is 87.2 cm³/mol. The fourth-order valence-corrected chi connectivity index (χ4v) is 2.05. The Morgan fingerprint density at radius 2 is 2.00 bits per heavy atom. The monoisotopic (exact) mass is 292 g/mol. The van der Waals surface area contributed by atoms with Crippen molar-refractivity contribution in [2.45, 2.75) is 6.54 Å². The summed E-state index contributed by atoms with van der Waals surface area (Å²) in [4.78, 5) is 8.49. The summed E-state index contributed by atoms with van der Waals surface area (Å²) >= 11 is 0. The minimum atomic E-state index is 0.385. The lowest BCUT2D eigenvalue weighted by Gasteiger charge is -2.05. The van der Waals surface area contributed by atoms with Crippen molar-refractivity contribution in [3.8, 4) is 11.4 Å². The largest absolute Gasteiger partial charge is 0.370 e. The third-order valence-electron chi connectivity index (χ3n) is 3.09. The number of nitrogens with one attached hydrogen (secondary N) is 2. The highest BCUT2D eigenvalue weighted by Gasteiger charge is 2.01. The zero-order chi connectivity index (χ0) is 15.2. The minimum Gasteiger partial charge on any atom is -0.370 e. The molecule has 0 aliphatic rings. The Labute approximate surface area is 128 Å². The molecule has 0 spiro atoms. The molecule has 2 aromatic carbocycles. The molecule has 110 valence electrons. The van der Waals surface area contributed by atoms with Gasteiger partial charge in [-0.05, 0) is 23.8 Å². The quantitative estimate of drug-likeness (QED) is 0.508. The average Bonchev–Trinajstić information content (AvgIpc) is 3.09. The fraction of sp³-hybridized carbons (Fsp3) is 0.0625. The van der Waals surface area contributed by atoms with E-state index in [0.29, 0.717) is 12.5 Å². The van der Waals surface area contributed by atoms with Gasteiger partial charge in [-0.2, -0.15) is 5.10 Å². The molecule has 0 amide bonds. The van der Waals surface area contributed by atoms with Crippen LogP contribution in [0.3, 0.4) is 0 Å². The van der Waals surface area contributed by atoms with Gasteiger partial charge in [0.2, 0.25) is 0 Å². The van der Waals surface area contributed by atoms with Crippen molar-refractivity contribution in [1.82, 2.24) is 15.2 Å². The highest BCUT2D eigenvalue weighted by atomic mass is 15.2. The van der Waals surface area contributed by atoms with Crippen molar-refractivity contribution in [1.29, 1.82) is 0 Å². The molecule has 0 saturated carbocycles. The standard InChI is InChI=1S/C16H16N6/c17-16(21-14-7-2-1-3-8-14)18-10-12-5-4-6-13(9-12)15-19-11-20-22-15/h1-9,11H,10H2,(H3,17,18,21)(H,19,20,22). The maximum absolute atomic E-state index is 5.90. The Morgan fingerprint density at radius 3 is 2.77 bits per heavy atom. The summed E-state index contributed by atoms with van der Waals surface area (Å²) in [6, 6.07) is 17.7. The summed E-state index contributed by atoms with van der Waals surface area (Å²) in [5, 5.41) is 9.75. The van der Waals surface area contributed by atoms with Gasteiger partial charge in [-0.1, -0.05) is 36.4 Å². The minimum absolute atomic E-state index is 0.385. The van der Waals surface area contributed by atoms with Crippen molar-refractivity contribution in [2.24, 2.45) is 10.7 Å². The first kappa shape index (κ1) is 13.8. The number of hydrogen-bond donors (Lipinski definition) is 3. The third kappa shape index (κ3) is 3.49. The van der Waals surface area contributed by atoms with E-state index in [1.807, 2.05) is 54.6 Å². The van der Waals surface area contributed by atoms with Gasteiger partial charge < -0.3 is 11.1 Å². The van der Waals surface area contributed by atoms with Crippen LogP contribution in [0.25, 0.3) is 11.4 Å². The van der Waals surface area contributed by atoms with Crippen LogP contribution in [0, 0.1) is 0 Å². The lowest BCUT2D eigenvalue weighted by molar-refractivity contribution is 1.06. The van der Waals surface area contributed by atoms with E-state index in [-0.39, 0.29) is 0 Å². The lowest BCUT2D eigenvalue weighted by Crippen LogP contribution is -2.22. The number of nitrogens with zero attached hydrogens (tertiary/aromatic N) is 3. The highest BCUT2D eigenvalue weighted by molar-refractivity contribution is 5.92. The Hall–Kier alpha value is -3.15. The molecule has 3 aromatic rings. The van der Waals surface area contributed by atoms with Gasteiger partial charge in [0.05, 0.1) is 6.54 Å². The van der Waals surface area contributed by atoms with Crippen molar-refractivity contribution in [3.05, 3.63) is 66.5 Å². The van der Waals surface area contributed by atoms with E-state index in [0.717, 1.165) is 22.6 Å². The summed E-state index contributed by atoms with van der Waals surface area (Å²) in [6.45, 7) is 0.494. The first-order valence-corrected chi connectivity index (χ1v) is 6.88. The number of aromatic nitrogens is 3. The number of guanidine groups is 1. The molecular weight excluding hydrogens is 276 g/mol. The number of para-hydroxylation sites is 1. The highest BCUT2D eigenvalue weighted by Crippen LogP contribution is 2.16. The second-order valence-electron chi connectivity index (χ2n) is 4.73. The average molecular weight is 292 g/mol. The van der Waals surface area contributed by atoms with Gasteiger partial charge in [0.1, 0.15) is 6.33 Å². The van der Waals surface area contributed by atoms with Crippen LogP contribution < -0.4 is 11.1 Å². The number of rotatable bonds is 4. The van der Waals surface area contributed by atoms with Crippen LogP contribution in [0.5, 0.6) is 0 Å². The second-order valence-corrected chi connectivity index (χ2v) is 4.73. The van der Waals surface area contributed by atoms with E-state index in [1.54, 1.807) is 0 Å². The van der Waals surface area contributed by atoms with Gasteiger partial charge in [0.15, 0.2) is 11.8 Å². The van der Waals surface area contributed by atoms with E-state index < -0.39 is 0 Å². The molecule has 0 fully saturated rings. The number of anilines is 1. The van der Waals surface area contributed by atoms with Crippen LogP contribution in [-0.2, 0) is 6.54 Å². The summed E-state index contributed by atoms with van der Waals surface area (Å²) in [5.41, 5.74) is 8.83. The first-order valence-electron chi connectivity index (χ1n) is 6.88. The van der Waals surface area contributed by atoms with E-state index >= 15 is 0 Å². The van der Waals surface area contributed by atoms with Crippen LogP contribution in [0.4, 0.5) is 5.69 Å². The molecule has 6 nitrogen and oxygen atoms in total. The fourth-order valence-electron chi connectivity index (χ4n) is 2.05. The van der Waals surface area contributed by atoms with Crippen LogP contribution in [0.1, 0.15) is 5.56 Å². The number of benzene rings is 2. The van der Waals surface area contributed by atoms with Crippen LogP contribution in [-0.4, -0.2) is 21.1 Å². The van der Waals surface area contributed by atoms with Crippen molar-refractivity contribution in [3.63, 3.8) is 0 Å². The number of aliphatic imine (C=N–C) groups is 1. The molecule has 4 N–H and O–H groups in total. The topological polar surface area (TPSA) is 92.0 Å². The zero-order valence-corrected chi connectivity index (χ0v) is 11.9. The summed E-state index contributed by atoms with van der Waals surface area (Å²) < 4.78 is 0. The number of aromatic amines is 1. The summed E-state index contributed by atoms with van der Waals surface area (Å²) in [7, 11) is 0. The maximum Gasteiger partial charge on any atom is 0.193 e. The summed E-state index contributed by atoms with van der Waals surface area (Å²) in [5.74, 6) is 1.12. The van der Waals surface area contributed by atoms with Gasteiger partial charge in [0.25, 0.3) is 0 Å². The number of H-pyrrole nitrogens is 1. The molecule has 0 aliphatic carbocycles. The van der Waals surface area contributed by atoms with E-state index in [4.69, 9.17) is 5.73 Å². The lowest BCUT2D eigenvalue weighted by atomic mass is 10.1. The maximum atomic E-state index is 5.90. The SMILES string of the molecule is NC(=NCc1cccc(-c2ncn[nH]2)c1)Nc1ccccc1. The molecule has 0 aliphatic heterocycles. The van der Waals surface area contributed by atoms with Gasteiger partial charge >= 0.3 is 0 Å². The van der Waals surface area contributed by atoms with Gasteiger partial charge in [-0.3, -0.25) is 5.10 Å². The van der Waals surface area contributed by atoms with Crippen LogP contribution >= 0.6 is 0 Å². The Kier molecular flexibility index (Phi) is 4.10. The Balaban J connectivity index is 1.68. The number of nitrogens with two attached hydrogens (primary N) is 1. The van der Waals surface area contributed by atoms with Crippen LogP contribution in [0.15, 0.2) is 65.9 Å². The van der Waals surface area contributed by atoms with E-state index in [2.05, 4.69) is 25.5 Å². The molecule has 6 heteroatoms. The molecule has 0 radical (unpaired) electrons. The Bertz CT molecular complexity index is 749. The zero-order valence-electron chi connectivity index (χ0n) is 11.9. The van der Waals surface area contributed by atoms with Crippen molar-refractivity contribution < 1.29 is 0 Å². The van der Waals surface area contributed by atoms with Gasteiger partial charge in [-0.15, -0.1) is 0 Å².